The number of rotatable bonds is 4. The number of carbonyl (C=O) groups excluding carboxylic acids is 1. The lowest BCUT2D eigenvalue weighted by atomic mass is 10.00. The van der Waals surface area contributed by atoms with Crippen LogP contribution in [0.2, 0.25) is 0 Å². The van der Waals surface area contributed by atoms with Crippen molar-refractivity contribution in [2.45, 2.75) is 31.7 Å². The lowest BCUT2D eigenvalue weighted by molar-refractivity contribution is 0.0680. The fourth-order valence-electron chi connectivity index (χ4n) is 3.37. The molecular weight excluding hydrogens is 332 g/mol. The molecule has 1 unspecified atom stereocenters. The number of nitrogens with zero attached hydrogens (tertiary/aromatic N) is 2. The molecule has 0 bridgehead atoms. The summed E-state index contributed by atoms with van der Waals surface area (Å²) in [5.74, 6) is -0.514. The monoisotopic (exact) mass is 354 g/mol. The van der Waals surface area contributed by atoms with Crippen molar-refractivity contribution in [3.63, 3.8) is 0 Å². The van der Waals surface area contributed by atoms with E-state index in [0.717, 1.165) is 37.0 Å². The molecule has 26 heavy (non-hydrogen) atoms. The molecule has 0 saturated carbocycles. The molecule has 1 aromatic heterocycles. The Morgan fingerprint density at radius 3 is 2.62 bits per heavy atom. The van der Waals surface area contributed by atoms with Crippen molar-refractivity contribution in [2.75, 3.05) is 13.7 Å². The van der Waals surface area contributed by atoms with Crippen LogP contribution in [0.15, 0.2) is 42.6 Å². The molecule has 1 aromatic carbocycles. The standard InChI is InChI=1S/C20H22N2O4/c1-26-16-8-6-14(7-9-16)18-5-3-2-4-12-22(18)19(23)15-10-11-21-17(13-15)20(24)25/h6-11,13,18H,2-5,12H2,1H3,(H,24,25). The fraction of sp³-hybridized carbons (Fsp3) is 0.350. The number of pyridine rings is 1. The van der Waals surface area contributed by atoms with Crippen molar-refractivity contribution in [3.05, 3.63) is 59.4 Å². The van der Waals surface area contributed by atoms with Crippen molar-refractivity contribution in [2.24, 2.45) is 0 Å². The van der Waals surface area contributed by atoms with Gasteiger partial charge in [0, 0.05) is 18.3 Å². The van der Waals surface area contributed by atoms with Gasteiger partial charge in [0.25, 0.3) is 5.91 Å². The molecule has 2 aromatic rings. The van der Waals surface area contributed by atoms with Crippen LogP contribution < -0.4 is 4.74 Å². The van der Waals surface area contributed by atoms with Gasteiger partial charge in [0.1, 0.15) is 11.4 Å². The van der Waals surface area contributed by atoms with Crippen molar-refractivity contribution < 1.29 is 19.4 Å². The Kier molecular flexibility index (Phi) is 5.51. The second-order valence-electron chi connectivity index (χ2n) is 6.37. The molecule has 1 aliphatic heterocycles. The lowest BCUT2D eigenvalue weighted by Crippen LogP contribution is -2.35. The number of aromatic nitrogens is 1. The number of carboxylic acids is 1. The van der Waals surface area contributed by atoms with Gasteiger partial charge in [-0.25, -0.2) is 9.78 Å². The third-order valence-electron chi connectivity index (χ3n) is 4.74. The van der Waals surface area contributed by atoms with E-state index in [0.29, 0.717) is 12.1 Å². The number of aromatic carboxylic acids is 1. The first-order chi connectivity index (χ1) is 12.6. The highest BCUT2D eigenvalue weighted by Gasteiger charge is 2.28. The SMILES string of the molecule is COc1ccc(C2CCCCCN2C(=O)c2ccnc(C(=O)O)c2)cc1. The van der Waals surface area contributed by atoms with Crippen molar-refractivity contribution in [1.82, 2.24) is 9.88 Å². The Balaban J connectivity index is 1.91. The number of carboxylic acid groups (broad SMARTS) is 1. The number of methoxy groups -OCH3 is 1. The van der Waals surface area contributed by atoms with E-state index in [1.165, 1.54) is 12.3 Å². The highest BCUT2D eigenvalue weighted by Crippen LogP contribution is 2.32. The Hall–Kier alpha value is -2.89. The molecule has 1 saturated heterocycles. The number of hydrogen-bond acceptors (Lipinski definition) is 4. The van der Waals surface area contributed by atoms with Crippen LogP contribution in [0.5, 0.6) is 5.75 Å². The molecule has 0 spiro atoms. The maximum atomic E-state index is 13.1. The molecule has 136 valence electrons. The summed E-state index contributed by atoms with van der Waals surface area (Å²) in [5.41, 5.74) is 1.30. The van der Waals surface area contributed by atoms with Crippen molar-refractivity contribution in [3.8, 4) is 5.75 Å². The minimum Gasteiger partial charge on any atom is -0.497 e. The van der Waals surface area contributed by atoms with Crippen LogP contribution in [0.1, 0.15) is 58.1 Å². The normalized spacial score (nSPS) is 17.4. The summed E-state index contributed by atoms with van der Waals surface area (Å²) >= 11 is 0. The maximum absolute atomic E-state index is 13.1. The average Bonchev–Trinajstić information content (AvgIpc) is 2.93. The van der Waals surface area contributed by atoms with Gasteiger partial charge in [-0.05, 0) is 42.7 Å². The minimum absolute atomic E-state index is 0.0302. The Bertz CT molecular complexity index is 789. The molecule has 1 N–H and O–H groups in total. The van der Waals surface area contributed by atoms with E-state index in [-0.39, 0.29) is 17.6 Å². The zero-order valence-corrected chi connectivity index (χ0v) is 14.7. The summed E-state index contributed by atoms with van der Waals surface area (Å²) in [4.78, 5) is 29.9. The van der Waals surface area contributed by atoms with Gasteiger partial charge in [-0.1, -0.05) is 25.0 Å². The number of amides is 1. The number of ether oxygens (including phenoxy) is 1. The van der Waals surface area contributed by atoms with Gasteiger partial charge in [0.15, 0.2) is 0 Å². The molecule has 6 heteroatoms. The quantitative estimate of drug-likeness (QED) is 0.908. The first-order valence-electron chi connectivity index (χ1n) is 8.74. The topological polar surface area (TPSA) is 79.7 Å². The van der Waals surface area contributed by atoms with Crippen LogP contribution in [-0.4, -0.2) is 40.5 Å². The minimum atomic E-state index is -1.14. The molecule has 6 nitrogen and oxygen atoms in total. The van der Waals surface area contributed by atoms with Crippen molar-refractivity contribution in [1.29, 1.82) is 0 Å². The second kappa shape index (κ2) is 7.99. The average molecular weight is 354 g/mol. The molecular formula is C20H22N2O4. The summed E-state index contributed by atoms with van der Waals surface area (Å²) in [7, 11) is 1.62. The molecule has 1 aliphatic rings. The van der Waals surface area contributed by atoms with Gasteiger partial charge >= 0.3 is 5.97 Å². The van der Waals surface area contributed by atoms with E-state index in [1.54, 1.807) is 13.2 Å². The molecule has 2 heterocycles. The largest absolute Gasteiger partial charge is 0.497 e. The van der Waals surface area contributed by atoms with E-state index in [9.17, 15) is 9.59 Å². The molecule has 1 fully saturated rings. The van der Waals surface area contributed by atoms with E-state index in [1.807, 2.05) is 29.2 Å². The Morgan fingerprint density at radius 1 is 1.15 bits per heavy atom. The third kappa shape index (κ3) is 3.85. The van der Waals surface area contributed by atoms with Crippen LogP contribution in [-0.2, 0) is 0 Å². The molecule has 3 rings (SSSR count). The van der Waals surface area contributed by atoms with Gasteiger partial charge in [0.2, 0.25) is 0 Å². The summed E-state index contributed by atoms with van der Waals surface area (Å²) in [6.45, 7) is 0.653. The van der Waals surface area contributed by atoms with E-state index in [4.69, 9.17) is 9.84 Å². The van der Waals surface area contributed by atoms with Crippen LogP contribution in [0.3, 0.4) is 0 Å². The van der Waals surface area contributed by atoms with Crippen molar-refractivity contribution >= 4 is 11.9 Å². The number of benzene rings is 1. The zero-order chi connectivity index (χ0) is 18.5. The number of carbonyl (C=O) groups is 2. The molecule has 1 amide bonds. The summed E-state index contributed by atoms with van der Waals surface area (Å²) in [5, 5.41) is 9.13. The molecule has 1 atom stereocenters. The maximum Gasteiger partial charge on any atom is 0.354 e. The van der Waals surface area contributed by atoms with E-state index >= 15 is 0 Å². The zero-order valence-electron chi connectivity index (χ0n) is 14.7. The molecule has 0 radical (unpaired) electrons. The fourth-order valence-corrected chi connectivity index (χ4v) is 3.37. The first-order valence-corrected chi connectivity index (χ1v) is 8.74. The summed E-state index contributed by atoms with van der Waals surface area (Å²) < 4.78 is 5.22. The number of likely N-dealkylation sites (tertiary alicyclic amines) is 1. The second-order valence-corrected chi connectivity index (χ2v) is 6.37. The predicted octanol–water partition coefficient (Wildman–Crippen LogP) is 3.55. The highest BCUT2D eigenvalue weighted by atomic mass is 16.5. The number of hydrogen-bond donors (Lipinski definition) is 1. The summed E-state index contributed by atoms with van der Waals surface area (Å²) in [6.07, 6.45) is 5.32. The Labute approximate surface area is 152 Å². The smallest absolute Gasteiger partial charge is 0.354 e. The first kappa shape index (κ1) is 17.9. The third-order valence-corrected chi connectivity index (χ3v) is 4.74. The lowest BCUT2D eigenvalue weighted by Gasteiger charge is -2.30. The molecule has 0 aliphatic carbocycles. The van der Waals surface area contributed by atoms with Crippen LogP contribution in [0, 0.1) is 0 Å². The van der Waals surface area contributed by atoms with Crippen LogP contribution in [0.25, 0.3) is 0 Å². The van der Waals surface area contributed by atoms with E-state index < -0.39 is 5.97 Å². The van der Waals surface area contributed by atoms with Crippen LogP contribution >= 0.6 is 0 Å². The summed E-state index contributed by atoms with van der Waals surface area (Å²) in [6, 6.07) is 10.7. The Morgan fingerprint density at radius 2 is 1.92 bits per heavy atom. The van der Waals surface area contributed by atoms with Gasteiger partial charge in [-0.3, -0.25) is 4.79 Å². The van der Waals surface area contributed by atoms with Gasteiger partial charge in [-0.15, -0.1) is 0 Å². The van der Waals surface area contributed by atoms with E-state index in [2.05, 4.69) is 4.98 Å². The van der Waals surface area contributed by atoms with Gasteiger partial charge in [0.05, 0.1) is 13.2 Å². The van der Waals surface area contributed by atoms with Crippen LogP contribution in [0.4, 0.5) is 0 Å². The predicted molar refractivity (Wildman–Crippen MR) is 96.4 cm³/mol. The highest BCUT2D eigenvalue weighted by molar-refractivity contribution is 5.96. The van der Waals surface area contributed by atoms with Gasteiger partial charge in [-0.2, -0.15) is 0 Å². The van der Waals surface area contributed by atoms with Gasteiger partial charge < -0.3 is 14.7 Å².